The number of likely N-dealkylation sites (tertiary alicyclic amines) is 1. The lowest BCUT2D eigenvalue weighted by Crippen LogP contribution is -2.45. The van der Waals surface area contributed by atoms with Crippen LogP contribution >= 0.6 is 0 Å². The molecule has 2 atom stereocenters. The van der Waals surface area contributed by atoms with Crippen LogP contribution in [0.25, 0.3) is 0 Å². The molecule has 2 fully saturated rings. The zero-order valence-electron chi connectivity index (χ0n) is 17.0. The van der Waals surface area contributed by atoms with Gasteiger partial charge in [0.1, 0.15) is 0 Å². The van der Waals surface area contributed by atoms with Gasteiger partial charge in [0.25, 0.3) is 0 Å². The highest BCUT2D eigenvalue weighted by atomic mass is 19.4. The van der Waals surface area contributed by atoms with E-state index in [0.29, 0.717) is 50.8 Å². The molecule has 10 heteroatoms. The monoisotopic (exact) mass is 433 g/mol. The lowest BCUT2D eigenvalue weighted by Gasteiger charge is -2.20. The molecule has 2 aliphatic rings. The van der Waals surface area contributed by atoms with Gasteiger partial charge in [0.2, 0.25) is 0 Å². The van der Waals surface area contributed by atoms with Crippen molar-refractivity contribution >= 4 is 11.6 Å². The Morgan fingerprint density at radius 1 is 1.13 bits per heavy atom. The number of benzene rings is 1. The second kappa shape index (κ2) is 9.80. The van der Waals surface area contributed by atoms with Crippen molar-refractivity contribution in [2.24, 2.45) is 10.9 Å². The van der Waals surface area contributed by atoms with E-state index in [9.17, 15) is 22.0 Å². The van der Waals surface area contributed by atoms with Crippen LogP contribution in [0.1, 0.15) is 19.8 Å². The fourth-order valence-electron chi connectivity index (χ4n) is 3.98. The van der Waals surface area contributed by atoms with E-state index in [4.69, 9.17) is 0 Å². The molecule has 1 aromatic rings. The number of aliphatic imine (C=N–C) groups is 1. The van der Waals surface area contributed by atoms with Crippen LogP contribution in [0.5, 0.6) is 0 Å². The Balaban J connectivity index is 1.51. The number of nitrogens with one attached hydrogen (secondary N) is 2. The molecule has 2 aliphatic heterocycles. The quantitative estimate of drug-likeness (QED) is 0.411. The Labute approximate surface area is 173 Å². The molecule has 168 valence electrons. The first-order chi connectivity index (χ1) is 14.2. The van der Waals surface area contributed by atoms with E-state index in [1.54, 1.807) is 6.07 Å². The van der Waals surface area contributed by atoms with E-state index in [0.717, 1.165) is 19.0 Å². The van der Waals surface area contributed by atoms with Crippen LogP contribution in [-0.4, -0.2) is 68.9 Å². The van der Waals surface area contributed by atoms with Crippen molar-refractivity contribution in [3.63, 3.8) is 0 Å². The normalized spacial score (nSPS) is 23.3. The van der Waals surface area contributed by atoms with Gasteiger partial charge in [-0.15, -0.1) is 0 Å². The van der Waals surface area contributed by atoms with Gasteiger partial charge in [0.15, 0.2) is 17.6 Å². The van der Waals surface area contributed by atoms with Crippen molar-refractivity contribution in [2.45, 2.75) is 32.0 Å². The first-order valence-corrected chi connectivity index (χ1v) is 10.3. The summed E-state index contributed by atoms with van der Waals surface area (Å²) in [7, 11) is 0. The summed E-state index contributed by atoms with van der Waals surface area (Å²) in [6, 6.07) is 3.84. The summed E-state index contributed by atoms with van der Waals surface area (Å²) in [5, 5.41) is 6.38. The minimum atomic E-state index is -4.19. The minimum Gasteiger partial charge on any atom is -0.371 e. The van der Waals surface area contributed by atoms with Crippen LogP contribution in [0.4, 0.5) is 27.6 Å². The number of hydrogen-bond donors (Lipinski definition) is 2. The lowest BCUT2D eigenvalue weighted by molar-refractivity contribution is -0.143. The molecule has 0 radical (unpaired) electrons. The molecule has 2 saturated heterocycles. The molecule has 0 aliphatic carbocycles. The van der Waals surface area contributed by atoms with E-state index in [2.05, 4.69) is 15.6 Å². The third kappa shape index (κ3) is 6.45. The zero-order valence-corrected chi connectivity index (χ0v) is 17.0. The lowest BCUT2D eigenvalue weighted by atomic mass is 10.1. The molecule has 0 amide bonds. The smallest absolute Gasteiger partial charge is 0.371 e. The van der Waals surface area contributed by atoms with Crippen molar-refractivity contribution in [1.29, 1.82) is 0 Å². The summed E-state index contributed by atoms with van der Waals surface area (Å²) in [4.78, 5) is 8.02. The van der Waals surface area contributed by atoms with E-state index in [-0.39, 0.29) is 12.0 Å². The summed E-state index contributed by atoms with van der Waals surface area (Å²) >= 11 is 0. The molecule has 0 aromatic heterocycles. The van der Waals surface area contributed by atoms with Gasteiger partial charge in [-0.2, -0.15) is 13.2 Å². The van der Waals surface area contributed by atoms with Gasteiger partial charge in [-0.05, 0) is 37.8 Å². The van der Waals surface area contributed by atoms with Gasteiger partial charge in [-0.1, -0.05) is 0 Å². The molecule has 5 nitrogen and oxygen atoms in total. The summed E-state index contributed by atoms with van der Waals surface area (Å²) < 4.78 is 64.3. The second-order valence-corrected chi connectivity index (χ2v) is 7.90. The summed E-state index contributed by atoms with van der Waals surface area (Å²) in [6.45, 7) is 4.41. The van der Waals surface area contributed by atoms with Gasteiger partial charge in [0, 0.05) is 57.1 Å². The summed E-state index contributed by atoms with van der Waals surface area (Å²) in [5.74, 6) is -0.855. The van der Waals surface area contributed by atoms with Gasteiger partial charge in [-0.3, -0.25) is 9.89 Å². The van der Waals surface area contributed by atoms with Crippen molar-refractivity contribution in [3.05, 3.63) is 29.8 Å². The van der Waals surface area contributed by atoms with Crippen LogP contribution in [0.3, 0.4) is 0 Å². The molecule has 0 bridgehead atoms. The first kappa shape index (κ1) is 22.6. The van der Waals surface area contributed by atoms with Gasteiger partial charge in [-0.25, -0.2) is 8.78 Å². The highest BCUT2D eigenvalue weighted by molar-refractivity contribution is 5.80. The Morgan fingerprint density at radius 3 is 2.63 bits per heavy atom. The van der Waals surface area contributed by atoms with Crippen molar-refractivity contribution in [1.82, 2.24) is 15.5 Å². The van der Waals surface area contributed by atoms with E-state index in [1.807, 2.05) is 11.8 Å². The third-order valence-electron chi connectivity index (χ3n) is 5.42. The fourth-order valence-corrected chi connectivity index (χ4v) is 3.98. The predicted molar refractivity (Wildman–Crippen MR) is 107 cm³/mol. The Kier molecular flexibility index (Phi) is 7.38. The SMILES string of the molecule is CCNC(=NCC1CCN(c2ccc(F)c(F)c2)C1)NC1CCN(CC(F)(F)F)C1. The zero-order chi connectivity index (χ0) is 21.7. The molecule has 2 heterocycles. The van der Waals surface area contributed by atoms with Gasteiger partial charge < -0.3 is 15.5 Å². The Hall–Kier alpha value is -2.10. The van der Waals surface area contributed by atoms with Gasteiger partial charge in [0.05, 0.1) is 6.54 Å². The maximum Gasteiger partial charge on any atom is 0.401 e. The number of anilines is 1. The summed E-state index contributed by atoms with van der Waals surface area (Å²) in [5.41, 5.74) is 0.654. The molecule has 2 unspecified atom stereocenters. The minimum absolute atomic E-state index is 0.0765. The maximum atomic E-state index is 13.5. The number of halogens is 5. The third-order valence-corrected chi connectivity index (χ3v) is 5.42. The molecule has 3 rings (SSSR count). The Morgan fingerprint density at radius 2 is 1.93 bits per heavy atom. The molecular weight excluding hydrogens is 405 g/mol. The van der Waals surface area contributed by atoms with Crippen molar-refractivity contribution < 1.29 is 22.0 Å². The molecule has 2 N–H and O–H groups in total. The maximum absolute atomic E-state index is 13.5. The second-order valence-electron chi connectivity index (χ2n) is 7.90. The van der Waals surface area contributed by atoms with Crippen LogP contribution < -0.4 is 15.5 Å². The number of guanidine groups is 1. The van der Waals surface area contributed by atoms with Gasteiger partial charge >= 0.3 is 6.18 Å². The molecule has 0 spiro atoms. The van der Waals surface area contributed by atoms with Crippen LogP contribution in [0, 0.1) is 17.6 Å². The van der Waals surface area contributed by atoms with Crippen LogP contribution in [0.2, 0.25) is 0 Å². The standard InChI is InChI=1S/C20H28F5N5/c1-2-26-19(28-15-6-7-29(12-15)13-20(23,24)25)27-10-14-5-8-30(11-14)16-3-4-17(21)18(22)9-16/h3-4,9,14-15H,2,5-8,10-13H2,1H3,(H2,26,27,28). The predicted octanol–water partition coefficient (Wildman–Crippen LogP) is 2.98. The van der Waals surface area contributed by atoms with Crippen molar-refractivity contribution in [3.8, 4) is 0 Å². The summed E-state index contributed by atoms with van der Waals surface area (Å²) in [6.07, 6.45) is -2.67. The number of nitrogens with zero attached hydrogens (tertiary/aromatic N) is 3. The fraction of sp³-hybridized carbons (Fsp3) is 0.650. The molecule has 30 heavy (non-hydrogen) atoms. The average Bonchev–Trinajstić information content (AvgIpc) is 3.30. The number of rotatable bonds is 6. The largest absolute Gasteiger partial charge is 0.401 e. The van der Waals surface area contributed by atoms with E-state index >= 15 is 0 Å². The molecule has 0 saturated carbocycles. The first-order valence-electron chi connectivity index (χ1n) is 10.3. The van der Waals surface area contributed by atoms with E-state index < -0.39 is 24.4 Å². The van der Waals surface area contributed by atoms with E-state index in [1.165, 1.54) is 11.0 Å². The topological polar surface area (TPSA) is 42.9 Å². The highest BCUT2D eigenvalue weighted by Crippen LogP contribution is 2.25. The molecule has 1 aromatic carbocycles. The van der Waals surface area contributed by atoms with Crippen LogP contribution in [-0.2, 0) is 0 Å². The molecular formula is C20H28F5N5. The number of hydrogen-bond acceptors (Lipinski definition) is 3. The number of alkyl halides is 3. The highest BCUT2D eigenvalue weighted by Gasteiger charge is 2.34. The van der Waals surface area contributed by atoms with Crippen LogP contribution in [0.15, 0.2) is 23.2 Å². The Bertz CT molecular complexity index is 739. The van der Waals surface area contributed by atoms with Crippen molar-refractivity contribution in [2.75, 3.05) is 50.7 Å². The average molecular weight is 433 g/mol.